The second-order valence-electron chi connectivity index (χ2n) is 5.22. The van der Waals surface area contributed by atoms with Crippen LogP contribution in [0.3, 0.4) is 0 Å². The molecule has 0 aromatic heterocycles. The maximum atomic E-state index is 11.8. The Kier molecular flexibility index (Phi) is 4.34. The normalized spacial score (nSPS) is 17.4. The van der Waals surface area contributed by atoms with E-state index in [1.54, 1.807) is 0 Å². The van der Waals surface area contributed by atoms with Gasteiger partial charge in [0.2, 0.25) is 0 Å². The summed E-state index contributed by atoms with van der Waals surface area (Å²) >= 11 is 0. The summed E-state index contributed by atoms with van der Waals surface area (Å²) in [5, 5.41) is 4.86. The third-order valence-electron chi connectivity index (χ3n) is 3.57. The lowest BCUT2D eigenvalue weighted by atomic mass is 10.1. The van der Waals surface area contributed by atoms with Crippen molar-refractivity contribution in [2.75, 3.05) is 18.5 Å². The summed E-state index contributed by atoms with van der Waals surface area (Å²) in [6.07, 6.45) is 0.988. The van der Waals surface area contributed by atoms with Gasteiger partial charge in [0.25, 0.3) is 5.91 Å². The van der Waals surface area contributed by atoms with Crippen LogP contribution in [0.1, 0.15) is 12.8 Å². The van der Waals surface area contributed by atoms with E-state index in [-0.39, 0.29) is 12.5 Å². The molecule has 5 nitrogen and oxygen atoms in total. The minimum Gasteiger partial charge on any atom is -0.454 e. The minimum absolute atomic E-state index is 0.300. The van der Waals surface area contributed by atoms with Crippen LogP contribution in [0.2, 0.25) is 0 Å². The molecular weight excluding hydrogens is 282 g/mol. The number of hydrogen-bond acceptors (Lipinski definition) is 4. The molecule has 1 fully saturated rings. The van der Waals surface area contributed by atoms with E-state index in [1.807, 2.05) is 42.5 Å². The standard InChI is InChI=1S/C17H17NO4/c19-16(11-22-17(20)15-6-3-9-21-15)18-14-8-7-12-4-1-2-5-13(12)10-14/h1-2,4-5,7-8,10,15H,3,6,9,11H2,(H,18,19)/t15-/m1/s1. The van der Waals surface area contributed by atoms with Gasteiger partial charge in [-0.15, -0.1) is 0 Å². The Balaban J connectivity index is 1.55. The van der Waals surface area contributed by atoms with Gasteiger partial charge in [0.15, 0.2) is 12.7 Å². The number of esters is 1. The van der Waals surface area contributed by atoms with Crippen LogP contribution in [-0.4, -0.2) is 31.2 Å². The smallest absolute Gasteiger partial charge is 0.335 e. The van der Waals surface area contributed by atoms with Gasteiger partial charge in [0, 0.05) is 12.3 Å². The summed E-state index contributed by atoms with van der Waals surface area (Å²) in [5.74, 6) is -0.826. The first-order chi connectivity index (χ1) is 10.7. The first kappa shape index (κ1) is 14.5. The highest BCUT2D eigenvalue weighted by Crippen LogP contribution is 2.19. The quantitative estimate of drug-likeness (QED) is 0.881. The molecule has 0 spiro atoms. The fraction of sp³-hybridized carbons (Fsp3) is 0.294. The van der Waals surface area contributed by atoms with E-state index in [0.29, 0.717) is 18.7 Å². The van der Waals surface area contributed by atoms with Crippen molar-refractivity contribution in [2.45, 2.75) is 18.9 Å². The second kappa shape index (κ2) is 6.58. The largest absolute Gasteiger partial charge is 0.454 e. The van der Waals surface area contributed by atoms with Crippen molar-refractivity contribution in [1.29, 1.82) is 0 Å². The van der Waals surface area contributed by atoms with E-state index in [0.717, 1.165) is 17.2 Å². The van der Waals surface area contributed by atoms with Crippen molar-refractivity contribution in [3.63, 3.8) is 0 Å². The number of fused-ring (bicyclic) bond motifs is 1. The Hall–Kier alpha value is -2.40. The maximum absolute atomic E-state index is 11.8. The molecule has 0 unspecified atom stereocenters. The van der Waals surface area contributed by atoms with Crippen molar-refractivity contribution in [2.24, 2.45) is 0 Å². The van der Waals surface area contributed by atoms with Crippen LogP contribution in [0.25, 0.3) is 10.8 Å². The minimum atomic E-state index is -0.520. The Labute approximate surface area is 128 Å². The number of carbonyl (C=O) groups is 2. The Morgan fingerprint density at radius 1 is 1.18 bits per heavy atom. The van der Waals surface area contributed by atoms with Crippen molar-refractivity contribution in [3.8, 4) is 0 Å². The maximum Gasteiger partial charge on any atom is 0.335 e. The van der Waals surface area contributed by atoms with Crippen molar-refractivity contribution in [3.05, 3.63) is 42.5 Å². The number of amides is 1. The number of benzene rings is 2. The zero-order valence-corrected chi connectivity index (χ0v) is 12.1. The molecule has 0 bridgehead atoms. The first-order valence-corrected chi connectivity index (χ1v) is 7.29. The molecule has 22 heavy (non-hydrogen) atoms. The van der Waals surface area contributed by atoms with Gasteiger partial charge in [0.1, 0.15) is 0 Å². The summed E-state index contributed by atoms with van der Waals surface area (Å²) in [4.78, 5) is 23.5. The molecular formula is C17H17NO4. The fourth-order valence-corrected chi connectivity index (χ4v) is 2.46. The molecule has 1 saturated heterocycles. The van der Waals surface area contributed by atoms with Gasteiger partial charge in [-0.3, -0.25) is 4.79 Å². The van der Waals surface area contributed by atoms with Crippen molar-refractivity contribution < 1.29 is 19.1 Å². The van der Waals surface area contributed by atoms with Gasteiger partial charge in [-0.1, -0.05) is 30.3 Å². The average molecular weight is 299 g/mol. The molecule has 0 saturated carbocycles. The summed E-state index contributed by atoms with van der Waals surface area (Å²) in [6, 6.07) is 13.5. The Morgan fingerprint density at radius 2 is 2.00 bits per heavy atom. The van der Waals surface area contributed by atoms with Gasteiger partial charge in [0.05, 0.1) is 0 Å². The van der Waals surface area contributed by atoms with Crippen LogP contribution in [0.15, 0.2) is 42.5 Å². The highest BCUT2D eigenvalue weighted by atomic mass is 16.6. The van der Waals surface area contributed by atoms with E-state index < -0.39 is 12.1 Å². The van der Waals surface area contributed by atoms with Crippen molar-refractivity contribution in [1.82, 2.24) is 0 Å². The highest BCUT2D eigenvalue weighted by molar-refractivity contribution is 5.95. The van der Waals surface area contributed by atoms with E-state index in [2.05, 4.69) is 5.32 Å². The monoisotopic (exact) mass is 299 g/mol. The fourth-order valence-electron chi connectivity index (χ4n) is 2.46. The van der Waals surface area contributed by atoms with Crippen LogP contribution in [0, 0.1) is 0 Å². The SMILES string of the molecule is O=C(COC(=O)[C@H]1CCCO1)Nc1ccc2ccccc2c1. The summed E-state index contributed by atoms with van der Waals surface area (Å²) in [6.45, 7) is 0.272. The van der Waals surface area contributed by atoms with E-state index in [1.165, 1.54) is 0 Å². The molecule has 0 radical (unpaired) electrons. The van der Waals surface area contributed by atoms with Gasteiger partial charge in [-0.25, -0.2) is 4.79 Å². The molecule has 1 amide bonds. The van der Waals surface area contributed by atoms with E-state index in [9.17, 15) is 9.59 Å². The highest BCUT2D eigenvalue weighted by Gasteiger charge is 2.25. The van der Waals surface area contributed by atoms with Gasteiger partial charge in [-0.05, 0) is 35.7 Å². The molecule has 2 aromatic rings. The summed E-state index contributed by atoms with van der Waals surface area (Å²) in [7, 11) is 0. The third-order valence-corrected chi connectivity index (χ3v) is 3.57. The predicted molar refractivity (Wildman–Crippen MR) is 82.5 cm³/mol. The number of anilines is 1. The van der Waals surface area contributed by atoms with Crippen LogP contribution >= 0.6 is 0 Å². The van der Waals surface area contributed by atoms with Gasteiger partial charge in [-0.2, -0.15) is 0 Å². The Morgan fingerprint density at radius 3 is 2.77 bits per heavy atom. The van der Waals surface area contributed by atoms with Crippen molar-refractivity contribution >= 4 is 28.3 Å². The van der Waals surface area contributed by atoms with Crippen LogP contribution in [-0.2, 0) is 19.1 Å². The lowest BCUT2D eigenvalue weighted by Gasteiger charge is -2.10. The number of nitrogens with one attached hydrogen (secondary N) is 1. The molecule has 2 aromatic carbocycles. The molecule has 5 heteroatoms. The van der Waals surface area contributed by atoms with Crippen LogP contribution in [0.4, 0.5) is 5.69 Å². The summed E-state index contributed by atoms with van der Waals surface area (Å²) in [5.41, 5.74) is 0.678. The summed E-state index contributed by atoms with van der Waals surface area (Å²) < 4.78 is 10.2. The zero-order valence-electron chi connectivity index (χ0n) is 12.1. The van der Waals surface area contributed by atoms with Gasteiger partial charge >= 0.3 is 5.97 Å². The average Bonchev–Trinajstić information content (AvgIpc) is 3.07. The molecule has 1 aliphatic heterocycles. The van der Waals surface area contributed by atoms with Crippen LogP contribution < -0.4 is 5.32 Å². The van der Waals surface area contributed by atoms with E-state index in [4.69, 9.17) is 9.47 Å². The Bertz CT molecular complexity index is 692. The second-order valence-corrected chi connectivity index (χ2v) is 5.22. The first-order valence-electron chi connectivity index (χ1n) is 7.29. The molecule has 0 aliphatic carbocycles. The molecule has 114 valence electrons. The number of carbonyl (C=O) groups excluding carboxylic acids is 2. The lowest BCUT2D eigenvalue weighted by molar-refractivity contribution is -0.156. The molecule has 3 rings (SSSR count). The number of rotatable bonds is 4. The molecule has 1 atom stereocenters. The van der Waals surface area contributed by atoms with E-state index >= 15 is 0 Å². The molecule has 1 N–H and O–H groups in total. The zero-order chi connectivity index (χ0) is 15.4. The molecule has 1 aliphatic rings. The van der Waals surface area contributed by atoms with Gasteiger partial charge < -0.3 is 14.8 Å². The van der Waals surface area contributed by atoms with Crippen LogP contribution in [0.5, 0.6) is 0 Å². The third kappa shape index (κ3) is 3.43. The number of ether oxygens (including phenoxy) is 2. The predicted octanol–water partition coefficient (Wildman–Crippen LogP) is 2.50. The molecule has 1 heterocycles. The topological polar surface area (TPSA) is 64.6 Å². The number of hydrogen-bond donors (Lipinski definition) is 1. The lowest BCUT2D eigenvalue weighted by Crippen LogP contribution is -2.27.